The van der Waals surface area contributed by atoms with Gasteiger partial charge in [0.15, 0.2) is 11.5 Å². The number of benzene rings is 1. The van der Waals surface area contributed by atoms with Gasteiger partial charge in [0.2, 0.25) is 5.88 Å². The van der Waals surface area contributed by atoms with Crippen LogP contribution in [0.5, 0.6) is 17.4 Å². The molecule has 0 spiro atoms. The maximum Gasteiger partial charge on any atom is 0.219 e. The van der Waals surface area contributed by atoms with Crippen LogP contribution in [0.15, 0.2) is 34.8 Å². The summed E-state index contributed by atoms with van der Waals surface area (Å²) in [6, 6.07) is 8.90. The van der Waals surface area contributed by atoms with Crippen molar-refractivity contribution in [2.45, 2.75) is 6.92 Å². The van der Waals surface area contributed by atoms with Crippen molar-refractivity contribution in [3.05, 3.63) is 40.5 Å². The number of pyridine rings is 1. The van der Waals surface area contributed by atoms with Crippen molar-refractivity contribution in [3.63, 3.8) is 0 Å². The van der Waals surface area contributed by atoms with E-state index in [1.165, 1.54) is 0 Å². The zero-order valence-corrected chi connectivity index (χ0v) is 11.7. The fourth-order valence-corrected chi connectivity index (χ4v) is 1.68. The Balaban J connectivity index is 2.30. The Kier molecular flexibility index (Phi) is 3.72. The number of aryl methyl sites for hydroxylation is 1. The molecule has 0 amide bonds. The molecule has 94 valence electrons. The van der Waals surface area contributed by atoms with Crippen molar-refractivity contribution in [1.82, 2.24) is 4.98 Å². The second kappa shape index (κ2) is 5.27. The van der Waals surface area contributed by atoms with E-state index in [0.29, 0.717) is 23.1 Å². The van der Waals surface area contributed by atoms with E-state index >= 15 is 0 Å². The smallest absolute Gasteiger partial charge is 0.219 e. The molecule has 5 heteroatoms. The first kappa shape index (κ1) is 12.7. The minimum Gasteiger partial charge on any atom is -0.493 e. The van der Waals surface area contributed by atoms with Gasteiger partial charge in [-0.25, -0.2) is 4.98 Å². The molecule has 0 atom stereocenters. The molecule has 0 bridgehead atoms. The van der Waals surface area contributed by atoms with Crippen molar-refractivity contribution in [2.24, 2.45) is 0 Å². The van der Waals surface area contributed by atoms with Crippen LogP contribution >= 0.6 is 15.9 Å². The van der Waals surface area contributed by atoms with Gasteiger partial charge < -0.3 is 15.2 Å². The molecular formula is C13H13BrN2O2. The lowest BCUT2D eigenvalue weighted by atomic mass is 10.3. The normalized spacial score (nSPS) is 10.2. The number of nitrogen functional groups attached to an aromatic ring is 1. The molecule has 2 aromatic rings. The highest BCUT2D eigenvalue weighted by Gasteiger charge is 2.07. The zero-order valence-electron chi connectivity index (χ0n) is 10.1. The second-order valence-electron chi connectivity index (χ2n) is 3.73. The third-order valence-corrected chi connectivity index (χ3v) is 3.24. The Bertz CT molecular complexity index is 573. The molecule has 2 N–H and O–H groups in total. The molecule has 0 saturated heterocycles. The summed E-state index contributed by atoms with van der Waals surface area (Å²) in [5.74, 6) is 1.68. The molecule has 1 aromatic heterocycles. The summed E-state index contributed by atoms with van der Waals surface area (Å²) < 4.78 is 11.8. The zero-order chi connectivity index (χ0) is 13.1. The van der Waals surface area contributed by atoms with Crippen LogP contribution in [0.1, 0.15) is 5.69 Å². The van der Waals surface area contributed by atoms with Crippen LogP contribution in [0.3, 0.4) is 0 Å². The molecule has 1 heterocycles. The first-order valence-corrected chi connectivity index (χ1v) is 6.14. The van der Waals surface area contributed by atoms with E-state index in [1.54, 1.807) is 31.4 Å². The van der Waals surface area contributed by atoms with Crippen LogP contribution in [-0.2, 0) is 0 Å². The first-order valence-electron chi connectivity index (χ1n) is 5.34. The average Bonchev–Trinajstić information content (AvgIpc) is 2.36. The monoisotopic (exact) mass is 308 g/mol. The van der Waals surface area contributed by atoms with Gasteiger partial charge in [0.05, 0.1) is 12.8 Å². The fourth-order valence-electron chi connectivity index (χ4n) is 1.46. The van der Waals surface area contributed by atoms with E-state index in [0.717, 1.165) is 10.2 Å². The highest BCUT2D eigenvalue weighted by molar-refractivity contribution is 9.10. The third-order valence-electron chi connectivity index (χ3n) is 2.40. The van der Waals surface area contributed by atoms with Crippen molar-refractivity contribution < 1.29 is 9.47 Å². The van der Waals surface area contributed by atoms with Crippen LogP contribution in [0, 0.1) is 6.92 Å². The van der Waals surface area contributed by atoms with Crippen molar-refractivity contribution >= 4 is 21.6 Å². The minimum absolute atomic E-state index is 0.513. The lowest BCUT2D eigenvalue weighted by molar-refractivity contribution is 0.374. The summed E-state index contributed by atoms with van der Waals surface area (Å²) in [6.07, 6.45) is 0. The molecular weight excluding hydrogens is 296 g/mol. The van der Waals surface area contributed by atoms with Crippen LogP contribution in [-0.4, -0.2) is 12.1 Å². The number of nitrogens with zero attached hydrogens (tertiary/aromatic N) is 1. The van der Waals surface area contributed by atoms with Crippen LogP contribution in [0.2, 0.25) is 0 Å². The highest BCUT2D eigenvalue weighted by atomic mass is 79.9. The fraction of sp³-hybridized carbons (Fsp3) is 0.154. The number of hydrogen-bond donors (Lipinski definition) is 1. The van der Waals surface area contributed by atoms with Gasteiger partial charge >= 0.3 is 0 Å². The van der Waals surface area contributed by atoms with Crippen molar-refractivity contribution in [1.29, 1.82) is 0 Å². The van der Waals surface area contributed by atoms with E-state index in [-0.39, 0.29) is 0 Å². The summed E-state index contributed by atoms with van der Waals surface area (Å²) in [7, 11) is 1.57. The number of halogens is 1. The van der Waals surface area contributed by atoms with Gasteiger partial charge in [-0.15, -0.1) is 0 Å². The number of methoxy groups -OCH3 is 1. The molecule has 0 aliphatic rings. The van der Waals surface area contributed by atoms with Crippen LogP contribution < -0.4 is 15.2 Å². The van der Waals surface area contributed by atoms with E-state index < -0.39 is 0 Å². The minimum atomic E-state index is 0.513. The standard InChI is InChI=1S/C13H13BrN2O2/c1-8-10(14)4-6-13(16-8)18-11-5-3-9(15)7-12(11)17-2/h3-7H,15H2,1-2H3. The van der Waals surface area contributed by atoms with Crippen LogP contribution in [0.25, 0.3) is 0 Å². The Hall–Kier alpha value is -1.75. The number of rotatable bonds is 3. The predicted octanol–water partition coefficient (Wildman–Crippen LogP) is 3.54. The van der Waals surface area contributed by atoms with E-state index in [2.05, 4.69) is 20.9 Å². The maximum atomic E-state index is 5.68. The van der Waals surface area contributed by atoms with Gasteiger partial charge in [-0.3, -0.25) is 0 Å². The lowest BCUT2D eigenvalue weighted by Gasteiger charge is -2.10. The van der Waals surface area contributed by atoms with Gasteiger partial charge in [0, 0.05) is 22.3 Å². The van der Waals surface area contributed by atoms with Gasteiger partial charge in [-0.1, -0.05) is 0 Å². The topological polar surface area (TPSA) is 57.4 Å². The van der Waals surface area contributed by atoms with E-state index in [1.807, 2.05) is 13.0 Å². The SMILES string of the molecule is COc1cc(N)ccc1Oc1ccc(Br)c(C)n1. The van der Waals surface area contributed by atoms with E-state index in [4.69, 9.17) is 15.2 Å². The quantitative estimate of drug-likeness (QED) is 0.881. The Morgan fingerprint density at radius 3 is 2.61 bits per heavy atom. The summed E-state index contributed by atoms with van der Waals surface area (Å²) in [5.41, 5.74) is 7.17. The molecule has 0 radical (unpaired) electrons. The highest BCUT2D eigenvalue weighted by Crippen LogP contribution is 2.32. The molecule has 1 aromatic carbocycles. The Morgan fingerprint density at radius 2 is 1.94 bits per heavy atom. The number of hydrogen-bond acceptors (Lipinski definition) is 4. The van der Waals surface area contributed by atoms with Crippen LogP contribution in [0.4, 0.5) is 5.69 Å². The van der Waals surface area contributed by atoms with E-state index in [9.17, 15) is 0 Å². The summed E-state index contributed by atoms with van der Waals surface area (Å²) in [4.78, 5) is 4.31. The van der Waals surface area contributed by atoms with Gasteiger partial charge in [0.25, 0.3) is 0 Å². The van der Waals surface area contributed by atoms with Crippen molar-refractivity contribution in [3.8, 4) is 17.4 Å². The number of aromatic nitrogens is 1. The molecule has 0 aliphatic carbocycles. The molecule has 0 saturated carbocycles. The Labute approximate surface area is 114 Å². The molecule has 0 unspecified atom stereocenters. The summed E-state index contributed by atoms with van der Waals surface area (Å²) in [5, 5.41) is 0. The third kappa shape index (κ3) is 2.73. The molecule has 0 aliphatic heterocycles. The molecule has 18 heavy (non-hydrogen) atoms. The van der Waals surface area contributed by atoms with Gasteiger partial charge in [-0.2, -0.15) is 0 Å². The summed E-state index contributed by atoms with van der Waals surface area (Å²) >= 11 is 3.39. The predicted molar refractivity (Wildman–Crippen MR) is 74.2 cm³/mol. The average molecular weight is 309 g/mol. The molecule has 4 nitrogen and oxygen atoms in total. The second-order valence-corrected chi connectivity index (χ2v) is 4.58. The Morgan fingerprint density at radius 1 is 1.17 bits per heavy atom. The maximum absolute atomic E-state index is 5.68. The lowest BCUT2D eigenvalue weighted by Crippen LogP contribution is -1.95. The van der Waals surface area contributed by atoms with Gasteiger partial charge in [-0.05, 0) is 41.1 Å². The number of anilines is 1. The molecule has 2 rings (SSSR count). The molecule has 0 fully saturated rings. The largest absolute Gasteiger partial charge is 0.493 e. The van der Waals surface area contributed by atoms with Crippen molar-refractivity contribution in [2.75, 3.05) is 12.8 Å². The van der Waals surface area contributed by atoms with Gasteiger partial charge in [0.1, 0.15) is 0 Å². The summed E-state index contributed by atoms with van der Waals surface area (Å²) in [6.45, 7) is 1.90. The number of nitrogens with two attached hydrogens (primary N) is 1. The first-order chi connectivity index (χ1) is 8.60. The number of ether oxygens (including phenoxy) is 2.